The molecule has 2 aromatic heterocycles. The van der Waals surface area contributed by atoms with Gasteiger partial charge in [-0.1, -0.05) is 24.6 Å². The number of fused-ring (bicyclic) bond motifs is 1. The molecule has 2 N–H and O–H groups in total. The summed E-state index contributed by atoms with van der Waals surface area (Å²) in [5, 5.41) is 4.01. The van der Waals surface area contributed by atoms with Crippen LogP contribution < -0.4 is 5.32 Å². The molecule has 0 bridgehead atoms. The van der Waals surface area contributed by atoms with Crippen molar-refractivity contribution in [3.63, 3.8) is 0 Å². The Hall–Kier alpha value is -2.93. The first-order valence-corrected chi connectivity index (χ1v) is 11.1. The number of nitrogens with zero attached hydrogens (tertiary/aromatic N) is 2. The van der Waals surface area contributed by atoms with Crippen molar-refractivity contribution >= 4 is 17.0 Å². The largest absolute Gasteiger partial charge is 0.444 e. The zero-order valence-corrected chi connectivity index (χ0v) is 19.2. The van der Waals surface area contributed by atoms with E-state index in [2.05, 4.69) is 38.5 Å². The maximum absolute atomic E-state index is 13.6. The molecule has 0 fully saturated rings. The Balaban J connectivity index is 1.53. The van der Waals surface area contributed by atoms with Gasteiger partial charge in [-0.15, -0.1) is 0 Å². The minimum Gasteiger partial charge on any atom is -0.444 e. The first kappa shape index (κ1) is 23.7. The SMILES string of the molecule is CC(C)(C)OC(=O)NCCCCCN(Cc1ccnc(F)c1)Cc1c[nH]c2ccccc12. The number of benzene rings is 1. The minimum absolute atomic E-state index is 0.377. The lowest BCUT2D eigenvalue weighted by Gasteiger charge is -2.22. The number of unbranched alkanes of at least 4 members (excludes halogenated alkanes) is 2. The smallest absolute Gasteiger partial charge is 0.407 e. The number of halogens is 1. The number of hydrogen-bond donors (Lipinski definition) is 2. The van der Waals surface area contributed by atoms with Crippen LogP contribution in [-0.4, -0.2) is 39.7 Å². The summed E-state index contributed by atoms with van der Waals surface area (Å²) in [6.07, 6.45) is 6.02. The molecule has 172 valence electrons. The quantitative estimate of drug-likeness (QED) is 0.327. The maximum atomic E-state index is 13.6. The van der Waals surface area contributed by atoms with Crippen LogP contribution >= 0.6 is 0 Å². The third-order valence-electron chi connectivity index (χ3n) is 5.09. The van der Waals surface area contributed by atoms with Crippen molar-refractivity contribution in [2.75, 3.05) is 13.1 Å². The molecule has 3 aromatic rings. The number of H-pyrrole nitrogens is 1. The summed E-state index contributed by atoms with van der Waals surface area (Å²) >= 11 is 0. The van der Waals surface area contributed by atoms with Gasteiger partial charge in [0.05, 0.1) is 0 Å². The number of rotatable bonds is 10. The molecule has 0 unspecified atom stereocenters. The van der Waals surface area contributed by atoms with Crippen LogP contribution in [0, 0.1) is 5.95 Å². The lowest BCUT2D eigenvalue weighted by atomic mass is 10.1. The van der Waals surface area contributed by atoms with Crippen LogP contribution in [0.5, 0.6) is 0 Å². The lowest BCUT2D eigenvalue weighted by molar-refractivity contribution is 0.0527. The summed E-state index contributed by atoms with van der Waals surface area (Å²) in [6, 6.07) is 11.6. The zero-order chi connectivity index (χ0) is 23.0. The van der Waals surface area contributed by atoms with Gasteiger partial charge in [0, 0.05) is 42.9 Å². The third kappa shape index (κ3) is 7.64. The van der Waals surface area contributed by atoms with E-state index >= 15 is 0 Å². The number of alkyl carbamates (subject to hydrolysis) is 1. The Kier molecular flexibility index (Phi) is 8.22. The van der Waals surface area contributed by atoms with Gasteiger partial charge in [-0.3, -0.25) is 4.90 Å². The molecule has 0 saturated carbocycles. The van der Waals surface area contributed by atoms with Crippen molar-refractivity contribution in [3.8, 4) is 0 Å². The Labute approximate surface area is 189 Å². The van der Waals surface area contributed by atoms with Gasteiger partial charge >= 0.3 is 6.09 Å². The summed E-state index contributed by atoms with van der Waals surface area (Å²) in [4.78, 5) is 21.0. The molecule has 0 aliphatic heterocycles. The number of aromatic amines is 1. The molecule has 0 radical (unpaired) electrons. The monoisotopic (exact) mass is 440 g/mol. The predicted octanol–water partition coefficient (Wildman–Crippen LogP) is 5.40. The second-order valence-corrected chi connectivity index (χ2v) is 9.05. The van der Waals surface area contributed by atoms with Gasteiger partial charge in [-0.2, -0.15) is 4.39 Å². The van der Waals surface area contributed by atoms with E-state index < -0.39 is 11.5 Å². The van der Waals surface area contributed by atoms with Crippen molar-refractivity contribution in [2.45, 2.75) is 58.7 Å². The van der Waals surface area contributed by atoms with Gasteiger partial charge in [0.1, 0.15) is 5.60 Å². The standard InChI is InChI=1S/C25H33FN4O2/c1-25(2,3)32-24(31)28-12-7-4-8-14-30(17-19-11-13-27-23(26)15-19)18-20-16-29-22-10-6-5-9-21(20)22/h5-6,9-11,13,15-16,29H,4,7-8,12,14,17-18H2,1-3H3,(H,28,31). The summed E-state index contributed by atoms with van der Waals surface area (Å²) in [5.41, 5.74) is 2.76. The highest BCUT2D eigenvalue weighted by atomic mass is 19.1. The van der Waals surface area contributed by atoms with E-state index in [9.17, 15) is 9.18 Å². The number of ether oxygens (including phenoxy) is 1. The summed E-state index contributed by atoms with van der Waals surface area (Å²) in [5.74, 6) is -0.456. The Bertz CT molecular complexity index is 1010. The van der Waals surface area contributed by atoms with E-state index in [4.69, 9.17) is 4.74 Å². The topological polar surface area (TPSA) is 70.2 Å². The van der Waals surface area contributed by atoms with Crippen LogP contribution in [0.4, 0.5) is 9.18 Å². The fraction of sp³-hybridized carbons (Fsp3) is 0.440. The molecule has 0 atom stereocenters. The van der Waals surface area contributed by atoms with Crippen LogP contribution in [0.25, 0.3) is 10.9 Å². The van der Waals surface area contributed by atoms with Gasteiger partial charge in [0.2, 0.25) is 5.95 Å². The fourth-order valence-electron chi connectivity index (χ4n) is 3.66. The number of carbonyl (C=O) groups excluding carboxylic acids is 1. The molecule has 2 heterocycles. The summed E-state index contributed by atoms with van der Waals surface area (Å²) in [6.45, 7) is 8.43. The van der Waals surface area contributed by atoms with Crippen LogP contribution in [0.2, 0.25) is 0 Å². The van der Waals surface area contributed by atoms with Gasteiger partial charge in [0.15, 0.2) is 0 Å². The van der Waals surface area contributed by atoms with Crippen LogP contribution in [-0.2, 0) is 17.8 Å². The van der Waals surface area contributed by atoms with E-state index in [-0.39, 0.29) is 6.09 Å². The van der Waals surface area contributed by atoms with E-state index in [0.29, 0.717) is 13.1 Å². The molecule has 3 rings (SSSR count). The molecular formula is C25H33FN4O2. The second kappa shape index (κ2) is 11.1. The number of nitrogens with one attached hydrogen (secondary N) is 2. The molecule has 0 aliphatic rings. The average Bonchev–Trinajstić information content (AvgIpc) is 3.12. The maximum Gasteiger partial charge on any atom is 0.407 e. The first-order chi connectivity index (χ1) is 15.3. The minimum atomic E-state index is -0.487. The average molecular weight is 441 g/mol. The van der Waals surface area contributed by atoms with Crippen molar-refractivity contribution in [1.82, 2.24) is 20.2 Å². The van der Waals surface area contributed by atoms with Gasteiger partial charge < -0.3 is 15.0 Å². The van der Waals surface area contributed by atoms with Crippen molar-refractivity contribution in [1.29, 1.82) is 0 Å². The zero-order valence-electron chi connectivity index (χ0n) is 19.2. The van der Waals surface area contributed by atoms with Gasteiger partial charge in [-0.05, 0) is 69.5 Å². The van der Waals surface area contributed by atoms with Crippen molar-refractivity contribution in [3.05, 3.63) is 65.9 Å². The molecule has 1 aromatic carbocycles. The second-order valence-electron chi connectivity index (χ2n) is 9.05. The normalized spacial score (nSPS) is 11.8. The molecule has 6 nitrogen and oxygen atoms in total. The van der Waals surface area contributed by atoms with E-state index in [0.717, 1.165) is 43.4 Å². The van der Waals surface area contributed by atoms with E-state index in [1.165, 1.54) is 23.2 Å². The molecule has 0 saturated heterocycles. The Morgan fingerprint density at radius 1 is 1.16 bits per heavy atom. The molecule has 7 heteroatoms. The highest BCUT2D eigenvalue weighted by molar-refractivity contribution is 5.82. The predicted molar refractivity (Wildman–Crippen MR) is 125 cm³/mol. The number of para-hydroxylation sites is 1. The van der Waals surface area contributed by atoms with E-state index in [1.807, 2.05) is 39.0 Å². The third-order valence-corrected chi connectivity index (χ3v) is 5.09. The summed E-state index contributed by atoms with van der Waals surface area (Å²) in [7, 11) is 0. The van der Waals surface area contributed by atoms with E-state index in [1.54, 1.807) is 0 Å². The van der Waals surface area contributed by atoms with Crippen LogP contribution in [0.3, 0.4) is 0 Å². The lowest BCUT2D eigenvalue weighted by Crippen LogP contribution is -2.33. The molecule has 0 spiro atoms. The van der Waals surface area contributed by atoms with Crippen LogP contribution in [0.15, 0.2) is 48.8 Å². The number of carbonyl (C=O) groups is 1. The highest BCUT2D eigenvalue weighted by Crippen LogP contribution is 2.21. The molecular weight excluding hydrogens is 407 g/mol. The Morgan fingerprint density at radius 2 is 1.97 bits per heavy atom. The number of aromatic nitrogens is 2. The fourth-order valence-corrected chi connectivity index (χ4v) is 3.66. The summed E-state index contributed by atoms with van der Waals surface area (Å²) < 4.78 is 18.8. The molecule has 0 aliphatic carbocycles. The first-order valence-electron chi connectivity index (χ1n) is 11.1. The highest BCUT2D eigenvalue weighted by Gasteiger charge is 2.15. The van der Waals surface area contributed by atoms with Crippen molar-refractivity contribution in [2.24, 2.45) is 0 Å². The Morgan fingerprint density at radius 3 is 2.75 bits per heavy atom. The number of amides is 1. The molecule has 1 amide bonds. The van der Waals surface area contributed by atoms with Gasteiger partial charge in [-0.25, -0.2) is 9.78 Å². The van der Waals surface area contributed by atoms with Gasteiger partial charge in [0.25, 0.3) is 0 Å². The van der Waals surface area contributed by atoms with Crippen molar-refractivity contribution < 1.29 is 13.9 Å². The number of hydrogen-bond acceptors (Lipinski definition) is 4. The molecule has 32 heavy (non-hydrogen) atoms. The number of pyridine rings is 1. The van der Waals surface area contributed by atoms with Crippen LogP contribution in [0.1, 0.15) is 51.2 Å².